The zero-order valence-electron chi connectivity index (χ0n) is 14.3. The highest BCUT2D eigenvalue weighted by atomic mass is 32.2. The molecule has 24 heavy (non-hydrogen) atoms. The molecule has 124 valence electrons. The number of piperazine rings is 1. The number of aromatic nitrogens is 1. The lowest BCUT2D eigenvalue weighted by atomic mass is 10.2. The lowest BCUT2D eigenvalue weighted by Crippen LogP contribution is -2.44. The Hall–Kier alpha value is -1.91. The lowest BCUT2D eigenvalue weighted by Gasteiger charge is -2.35. The van der Waals surface area contributed by atoms with Crippen molar-refractivity contribution in [3.63, 3.8) is 0 Å². The Bertz CT molecular complexity index is 847. The fraction of sp³-hybridized carbons (Fsp3) is 0.300. The standard InChI is InChI=1S/C20H23N3S/c1-21-11-13-23(14-12-21)18-9-5-6-10-19(18)24-20-15-22(2)17-8-4-3-7-16(17)20/h3-10,15H,11-14H2,1-2H3. The maximum atomic E-state index is 2.52. The molecule has 1 aromatic heterocycles. The van der Waals surface area contributed by atoms with Crippen molar-refractivity contribution in [2.45, 2.75) is 9.79 Å². The van der Waals surface area contributed by atoms with Crippen LogP contribution in [0.15, 0.2) is 64.5 Å². The Morgan fingerprint density at radius 2 is 1.50 bits per heavy atom. The number of hydrogen-bond acceptors (Lipinski definition) is 3. The molecule has 0 atom stereocenters. The van der Waals surface area contributed by atoms with E-state index in [1.807, 2.05) is 11.8 Å². The molecule has 1 aliphatic rings. The maximum Gasteiger partial charge on any atom is 0.0508 e. The van der Waals surface area contributed by atoms with Gasteiger partial charge in [0.15, 0.2) is 0 Å². The van der Waals surface area contributed by atoms with E-state index in [-0.39, 0.29) is 0 Å². The van der Waals surface area contributed by atoms with E-state index in [4.69, 9.17) is 0 Å². The molecule has 4 rings (SSSR count). The molecular formula is C20H23N3S. The lowest BCUT2D eigenvalue weighted by molar-refractivity contribution is 0.312. The summed E-state index contributed by atoms with van der Waals surface area (Å²) in [5.74, 6) is 0. The van der Waals surface area contributed by atoms with Crippen molar-refractivity contribution in [1.29, 1.82) is 0 Å². The fourth-order valence-corrected chi connectivity index (χ4v) is 4.54. The van der Waals surface area contributed by atoms with E-state index in [2.05, 4.69) is 83.2 Å². The Labute approximate surface area is 147 Å². The minimum atomic E-state index is 1.10. The smallest absolute Gasteiger partial charge is 0.0508 e. The van der Waals surface area contributed by atoms with Gasteiger partial charge in [-0.25, -0.2) is 0 Å². The largest absolute Gasteiger partial charge is 0.368 e. The fourth-order valence-electron chi connectivity index (χ4n) is 3.36. The Morgan fingerprint density at radius 3 is 2.33 bits per heavy atom. The summed E-state index contributed by atoms with van der Waals surface area (Å²) in [5, 5.41) is 1.33. The first kappa shape index (κ1) is 15.6. The molecule has 0 radical (unpaired) electrons. The number of aryl methyl sites for hydroxylation is 1. The third-order valence-electron chi connectivity index (χ3n) is 4.79. The monoisotopic (exact) mass is 337 g/mol. The van der Waals surface area contributed by atoms with Crippen molar-refractivity contribution in [2.75, 3.05) is 38.1 Å². The van der Waals surface area contributed by atoms with Gasteiger partial charge in [-0.1, -0.05) is 42.1 Å². The zero-order chi connectivity index (χ0) is 16.5. The molecule has 0 bridgehead atoms. The van der Waals surface area contributed by atoms with Crippen molar-refractivity contribution in [3.8, 4) is 0 Å². The van der Waals surface area contributed by atoms with Crippen molar-refractivity contribution < 1.29 is 0 Å². The van der Waals surface area contributed by atoms with Gasteiger partial charge in [0.2, 0.25) is 0 Å². The average molecular weight is 337 g/mol. The number of nitrogens with zero attached hydrogens (tertiary/aromatic N) is 3. The number of likely N-dealkylation sites (N-methyl/N-ethyl adjacent to an activating group) is 1. The predicted molar refractivity (Wildman–Crippen MR) is 103 cm³/mol. The van der Waals surface area contributed by atoms with E-state index in [9.17, 15) is 0 Å². The van der Waals surface area contributed by atoms with E-state index in [0.29, 0.717) is 0 Å². The van der Waals surface area contributed by atoms with Crippen molar-refractivity contribution >= 4 is 28.4 Å². The van der Waals surface area contributed by atoms with E-state index in [1.54, 1.807) is 0 Å². The first-order valence-electron chi connectivity index (χ1n) is 8.47. The van der Waals surface area contributed by atoms with Crippen LogP contribution in [0.5, 0.6) is 0 Å². The molecule has 4 heteroatoms. The topological polar surface area (TPSA) is 11.4 Å². The van der Waals surface area contributed by atoms with Crippen LogP contribution in [0.2, 0.25) is 0 Å². The van der Waals surface area contributed by atoms with E-state index in [1.165, 1.54) is 26.4 Å². The molecular weight excluding hydrogens is 314 g/mol. The number of para-hydroxylation sites is 2. The van der Waals surface area contributed by atoms with Crippen LogP contribution in [0.4, 0.5) is 5.69 Å². The molecule has 2 aromatic carbocycles. The number of hydrogen-bond donors (Lipinski definition) is 0. The van der Waals surface area contributed by atoms with Gasteiger partial charge in [-0.05, 0) is 25.2 Å². The molecule has 1 fully saturated rings. The molecule has 1 aliphatic heterocycles. The summed E-state index contributed by atoms with van der Waals surface area (Å²) in [7, 11) is 4.33. The quantitative estimate of drug-likeness (QED) is 0.714. The third kappa shape index (κ3) is 2.92. The number of rotatable bonds is 3. The number of fused-ring (bicyclic) bond motifs is 1. The van der Waals surface area contributed by atoms with Gasteiger partial charge in [-0.3, -0.25) is 0 Å². The number of anilines is 1. The molecule has 3 nitrogen and oxygen atoms in total. The summed E-state index contributed by atoms with van der Waals surface area (Å²) in [6, 6.07) is 17.4. The Kier molecular flexibility index (Phi) is 4.25. The normalized spacial score (nSPS) is 16.0. The van der Waals surface area contributed by atoms with Crippen LogP contribution in [-0.4, -0.2) is 42.7 Å². The van der Waals surface area contributed by atoms with Gasteiger partial charge in [0.1, 0.15) is 0 Å². The summed E-state index contributed by atoms with van der Waals surface area (Å²) < 4.78 is 2.22. The second kappa shape index (κ2) is 6.54. The molecule has 3 aromatic rings. The van der Waals surface area contributed by atoms with Gasteiger partial charge in [-0.15, -0.1) is 0 Å². The van der Waals surface area contributed by atoms with Gasteiger partial charge in [-0.2, -0.15) is 0 Å². The second-order valence-electron chi connectivity index (χ2n) is 6.48. The summed E-state index contributed by atoms with van der Waals surface area (Å²) >= 11 is 1.88. The van der Waals surface area contributed by atoms with Crippen molar-refractivity contribution in [1.82, 2.24) is 9.47 Å². The highest BCUT2D eigenvalue weighted by Gasteiger charge is 2.18. The van der Waals surface area contributed by atoms with Gasteiger partial charge < -0.3 is 14.4 Å². The summed E-state index contributed by atoms with van der Waals surface area (Å²) in [4.78, 5) is 7.60. The third-order valence-corrected chi connectivity index (χ3v) is 5.90. The van der Waals surface area contributed by atoms with E-state index >= 15 is 0 Å². The molecule has 0 amide bonds. The van der Waals surface area contributed by atoms with Crippen LogP contribution in [0.1, 0.15) is 0 Å². The van der Waals surface area contributed by atoms with E-state index < -0.39 is 0 Å². The summed E-state index contributed by atoms with van der Waals surface area (Å²) in [6.45, 7) is 4.47. The average Bonchev–Trinajstić information content (AvgIpc) is 2.93. The minimum absolute atomic E-state index is 1.10. The maximum absolute atomic E-state index is 2.52. The van der Waals surface area contributed by atoms with Crippen LogP contribution < -0.4 is 4.90 Å². The van der Waals surface area contributed by atoms with E-state index in [0.717, 1.165) is 26.2 Å². The second-order valence-corrected chi connectivity index (χ2v) is 7.57. The first-order chi connectivity index (χ1) is 11.7. The van der Waals surface area contributed by atoms with Gasteiger partial charge >= 0.3 is 0 Å². The molecule has 0 spiro atoms. The zero-order valence-corrected chi connectivity index (χ0v) is 15.1. The van der Waals surface area contributed by atoms with Crippen LogP contribution in [0, 0.1) is 0 Å². The summed E-state index contributed by atoms with van der Waals surface area (Å²) in [5.41, 5.74) is 2.65. The van der Waals surface area contributed by atoms with Crippen LogP contribution in [0.25, 0.3) is 10.9 Å². The van der Waals surface area contributed by atoms with Gasteiger partial charge in [0.25, 0.3) is 0 Å². The Balaban J connectivity index is 1.67. The SMILES string of the molecule is CN1CCN(c2ccccc2Sc2cn(C)c3ccccc23)CC1. The number of benzene rings is 2. The van der Waals surface area contributed by atoms with Crippen molar-refractivity contribution in [3.05, 3.63) is 54.7 Å². The predicted octanol–water partition coefficient (Wildman–Crippen LogP) is 4.08. The molecule has 2 heterocycles. The molecule has 0 aliphatic carbocycles. The minimum Gasteiger partial charge on any atom is -0.368 e. The molecule has 0 N–H and O–H groups in total. The van der Waals surface area contributed by atoms with Crippen LogP contribution in [-0.2, 0) is 7.05 Å². The first-order valence-corrected chi connectivity index (χ1v) is 9.28. The molecule has 0 saturated carbocycles. The summed E-state index contributed by atoms with van der Waals surface area (Å²) in [6.07, 6.45) is 2.25. The van der Waals surface area contributed by atoms with Crippen LogP contribution >= 0.6 is 11.8 Å². The molecule has 1 saturated heterocycles. The molecule has 0 unspecified atom stereocenters. The highest BCUT2D eigenvalue weighted by Crippen LogP contribution is 2.39. The Morgan fingerprint density at radius 1 is 0.792 bits per heavy atom. The van der Waals surface area contributed by atoms with Crippen LogP contribution in [0.3, 0.4) is 0 Å². The van der Waals surface area contributed by atoms with Crippen molar-refractivity contribution in [2.24, 2.45) is 7.05 Å². The highest BCUT2D eigenvalue weighted by molar-refractivity contribution is 7.99. The van der Waals surface area contributed by atoms with Gasteiger partial charge in [0, 0.05) is 60.1 Å². The van der Waals surface area contributed by atoms with Gasteiger partial charge in [0.05, 0.1) is 5.69 Å².